The van der Waals surface area contributed by atoms with E-state index in [1.54, 1.807) is 0 Å². The molecule has 0 saturated heterocycles. The van der Waals surface area contributed by atoms with Crippen LogP contribution < -0.4 is 8.37 Å². The molecular weight excluding hydrogens is 488 g/mol. The number of benzene rings is 2. The molecule has 0 unspecified atom stereocenters. The van der Waals surface area contributed by atoms with Crippen LogP contribution in [0.25, 0.3) is 11.1 Å². The lowest BCUT2D eigenvalue weighted by molar-refractivity contribution is -0.384. The van der Waals surface area contributed by atoms with E-state index >= 15 is 0 Å². The van der Waals surface area contributed by atoms with Gasteiger partial charge < -0.3 is 8.37 Å². The monoisotopic (exact) mass is 495 g/mol. The van der Waals surface area contributed by atoms with Crippen molar-refractivity contribution in [3.8, 4) is 22.6 Å². The fourth-order valence-electron chi connectivity index (χ4n) is 2.01. The Morgan fingerprint density at radius 2 is 1.19 bits per heavy atom. The van der Waals surface area contributed by atoms with Crippen LogP contribution in [0.3, 0.4) is 0 Å². The zero-order valence-corrected chi connectivity index (χ0v) is 16.0. The van der Waals surface area contributed by atoms with Crippen LogP contribution in [-0.2, 0) is 20.2 Å². The summed E-state index contributed by atoms with van der Waals surface area (Å²) in [4.78, 5) is 9.92. The maximum Gasteiger partial charge on any atom is 0.534 e. The van der Waals surface area contributed by atoms with Gasteiger partial charge in [-0.05, 0) is 12.1 Å². The number of nitro benzene ring substituents is 1. The molecular formula is C14H7F6NO8S2. The van der Waals surface area contributed by atoms with E-state index in [9.17, 15) is 53.3 Å². The molecule has 0 N–H and O–H groups in total. The van der Waals surface area contributed by atoms with Crippen molar-refractivity contribution in [2.45, 2.75) is 11.0 Å². The summed E-state index contributed by atoms with van der Waals surface area (Å²) in [6, 6.07) is 4.96. The Labute approximate surface area is 169 Å². The molecule has 0 aromatic heterocycles. The number of hydrogen-bond acceptors (Lipinski definition) is 8. The Kier molecular flexibility index (Phi) is 6.15. The van der Waals surface area contributed by atoms with E-state index in [0.717, 1.165) is 18.2 Å². The Morgan fingerprint density at radius 3 is 1.65 bits per heavy atom. The molecule has 0 atom stereocenters. The van der Waals surface area contributed by atoms with Crippen molar-refractivity contribution in [3.63, 3.8) is 0 Å². The maximum atomic E-state index is 12.6. The highest BCUT2D eigenvalue weighted by molar-refractivity contribution is 7.88. The highest BCUT2D eigenvalue weighted by Gasteiger charge is 2.50. The second kappa shape index (κ2) is 7.88. The lowest BCUT2D eigenvalue weighted by atomic mass is 10.0. The van der Waals surface area contributed by atoms with Crippen LogP contribution in [-0.4, -0.2) is 32.8 Å². The largest absolute Gasteiger partial charge is 0.534 e. The van der Waals surface area contributed by atoms with Crippen molar-refractivity contribution < 1.29 is 56.5 Å². The summed E-state index contributed by atoms with van der Waals surface area (Å²) < 4.78 is 129. The summed E-state index contributed by atoms with van der Waals surface area (Å²) in [5.74, 6) is -2.31. The first-order chi connectivity index (χ1) is 14.0. The summed E-state index contributed by atoms with van der Waals surface area (Å²) in [6.07, 6.45) is 0. The lowest BCUT2D eigenvalue weighted by Crippen LogP contribution is -2.28. The zero-order valence-electron chi connectivity index (χ0n) is 14.3. The fraction of sp³-hybridized carbons (Fsp3) is 0.143. The third-order valence-corrected chi connectivity index (χ3v) is 5.25. The van der Waals surface area contributed by atoms with Gasteiger partial charge in [-0.2, -0.15) is 43.2 Å². The molecule has 0 saturated carbocycles. The van der Waals surface area contributed by atoms with Crippen LogP contribution in [0.2, 0.25) is 0 Å². The van der Waals surface area contributed by atoms with Gasteiger partial charge in [0, 0.05) is 23.3 Å². The molecule has 0 aliphatic rings. The molecule has 0 heterocycles. The van der Waals surface area contributed by atoms with Gasteiger partial charge in [-0.1, -0.05) is 18.2 Å². The SMILES string of the molecule is O=[N+]([O-])c1ccc(OS(=O)(=O)C(F)(F)F)c(-c2ccccc2OS(=O)(=O)C(F)(F)F)c1. The topological polar surface area (TPSA) is 130 Å². The molecule has 0 amide bonds. The Balaban J connectivity index is 2.73. The smallest absolute Gasteiger partial charge is 0.375 e. The average Bonchev–Trinajstić information content (AvgIpc) is 2.60. The highest BCUT2D eigenvalue weighted by atomic mass is 32.2. The number of halogens is 6. The van der Waals surface area contributed by atoms with Crippen molar-refractivity contribution in [1.82, 2.24) is 0 Å². The van der Waals surface area contributed by atoms with Crippen LogP contribution in [0.15, 0.2) is 42.5 Å². The summed E-state index contributed by atoms with van der Waals surface area (Å²) in [5, 5.41) is 11.0. The van der Waals surface area contributed by atoms with Crippen molar-refractivity contribution in [2.75, 3.05) is 0 Å². The number of hydrogen-bond donors (Lipinski definition) is 0. The van der Waals surface area contributed by atoms with E-state index in [-0.39, 0.29) is 0 Å². The van der Waals surface area contributed by atoms with Crippen LogP contribution in [0, 0.1) is 10.1 Å². The van der Waals surface area contributed by atoms with Gasteiger partial charge in [0.15, 0.2) is 11.5 Å². The first-order valence-corrected chi connectivity index (χ1v) is 10.2. The third-order valence-electron chi connectivity index (χ3n) is 3.32. The number of rotatable bonds is 6. The quantitative estimate of drug-likeness (QED) is 0.195. The van der Waals surface area contributed by atoms with Crippen molar-refractivity contribution in [2.24, 2.45) is 0 Å². The van der Waals surface area contributed by atoms with E-state index in [4.69, 9.17) is 0 Å². The summed E-state index contributed by atoms with van der Waals surface area (Å²) in [5.41, 5.74) is -14.2. The van der Waals surface area contributed by atoms with Gasteiger partial charge in [0.05, 0.1) is 4.92 Å². The van der Waals surface area contributed by atoms with E-state index in [1.807, 2.05) is 0 Å². The minimum Gasteiger partial charge on any atom is -0.375 e. The predicted octanol–water partition coefficient (Wildman–Crippen LogP) is 3.72. The van der Waals surface area contributed by atoms with Gasteiger partial charge in [0.1, 0.15) is 0 Å². The van der Waals surface area contributed by atoms with Crippen LogP contribution >= 0.6 is 0 Å². The first-order valence-electron chi connectivity index (χ1n) is 7.35. The normalized spacial score (nSPS) is 13.0. The minimum atomic E-state index is -6.29. The Bertz CT molecular complexity index is 1220. The molecule has 0 radical (unpaired) electrons. The number of nitrogens with zero attached hydrogens (tertiary/aromatic N) is 1. The van der Waals surface area contributed by atoms with E-state index in [0.29, 0.717) is 24.3 Å². The minimum absolute atomic E-state index is 0.436. The predicted molar refractivity (Wildman–Crippen MR) is 89.7 cm³/mol. The lowest BCUT2D eigenvalue weighted by Gasteiger charge is -2.16. The standard InChI is InChI=1S/C14H7F6NO8S2/c15-13(16,17)30(24,25)28-11-4-2-1-3-9(11)10-7-8(21(22)23)5-6-12(10)29-31(26,27)14(18,19)20/h1-7H. The van der Waals surface area contributed by atoms with E-state index in [2.05, 4.69) is 8.37 Å². The van der Waals surface area contributed by atoms with Crippen LogP contribution in [0.1, 0.15) is 0 Å². The highest BCUT2D eigenvalue weighted by Crippen LogP contribution is 2.41. The number of non-ortho nitro benzene ring substituents is 1. The van der Waals surface area contributed by atoms with Crippen molar-refractivity contribution in [3.05, 3.63) is 52.6 Å². The van der Waals surface area contributed by atoms with Gasteiger partial charge in [-0.25, -0.2) is 0 Å². The number of nitro groups is 1. The fourth-order valence-corrected chi connectivity index (χ4v) is 2.96. The summed E-state index contributed by atoms with van der Waals surface area (Å²) in [7, 11) is -12.5. The molecule has 0 spiro atoms. The van der Waals surface area contributed by atoms with Crippen LogP contribution in [0.4, 0.5) is 32.0 Å². The van der Waals surface area contributed by atoms with Crippen LogP contribution in [0.5, 0.6) is 11.5 Å². The van der Waals surface area contributed by atoms with Gasteiger partial charge in [-0.3, -0.25) is 10.1 Å². The molecule has 2 aromatic rings. The van der Waals surface area contributed by atoms with Gasteiger partial charge >= 0.3 is 31.3 Å². The van der Waals surface area contributed by atoms with Gasteiger partial charge in [-0.15, -0.1) is 0 Å². The molecule has 9 nitrogen and oxygen atoms in total. The molecule has 0 aliphatic carbocycles. The average molecular weight is 495 g/mol. The van der Waals surface area contributed by atoms with Gasteiger partial charge in [0.25, 0.3) is 5.69 Å². The van der Waals surface area contributed by atoms with Crippen molar-refractivity contribution in [1.29, 1.82) is 0 Å². The van der Waals surface area contributed by atoms with Crippen molar-refractivity contribution >= 4 is 25.9 Å². The number of para-hydroxylation sites is 1. The molecule has 31 heavy (non-hydrogen) atoms. The Hall–Kier alpha value is -3.08. The zero-order chi connectivity index (χ0) is 23.8. The molecule has 0 aliphatic heterocycles. The maximum absolute atomic E-state index is 12.6. The number of alkyl halides is 6. The van der Waals surface area contributed by atoms with Gasteiger partial charge in [0.2, 0.25) is 0 Å². The molecule has 2 aromatic carbocycles. The van der Waals surface area contributed by atoms with E-state index < -0.39 is 64.5 Å². The third kappa shape index (κ3) is 5.16. The summed E-state index contributed by atoms with van der Waals surface area (Å²) in [6.45, 7) is 0. The molecule has 0 bridgehead atoms. The van der Waals surface area contributed by atoms with E-state index in [1.165, 1.54) is 0 Å². The molecule has 17 heteroatoms. The summed E-state index contributed by atoms with van der Waals surface area (Å²) >= 11 is 0. The molecule has 2 rings (SSSR count). The Morgan fingerprint density at radius 1 is 0.742 bits per heavy atom. The molecule has 170 valence electrons. The second-order valence-electron chi connectivity index (χ2n) is 5.40. The second-order valence-corrected chi connectivity index (χ2v) is 8.48. The molecule has 0 fully saturated rings. The first kappa shape index (κ1) is 24.2.